The second-order valence-electron chi connectivity index (χ2n) is 3.19. The van der Waals surface area contributed by atoms with E-state index in [1.54, 1.807) is 0 Å². The van der Waals surface area contributed by atoms with Crippen LogP contribution in [0.25, 0.3) is 11.1 Å². The van der Waals surface area contributed by atoms with Crippen LogP contribution in [0, 0.1) is 0 Å². The highest BCUT2D eigenvalue weighted by atomic mass is 32.2. The third-order valence-corrected chi connectivity index (χ3v) is 2.94. The van der Waals surface area contributed by atoms with Gasteiger partial charge in [-0.15, -0.1) is 0 Å². The highest BCUT2D eigenvalue weighted by Crippen LogP contribution is 2.23. The maximum Gasteiger partial charge on any atom is 0.257 e. The van der Waals surface area contributed by atoms with E-state index in [2.05, 4.69) is 11.6 Å². The van der Waals surface area contributed by atoms with Gasteiger partial charge in [-0.3, -0.25) is 0 Å². The summed E-state index contributed by atoms with van der Waals surface area (Å²) < 4.78 is 5.53. The summed E-state index contributed by atoms with van der Waals surface area (Å²) in [5.41, 5.74) is 8.14. The van der Waals surface area contributed by atoms with Crippen LogP contribution in [0.5, 0.6) is 0 Å². The summed E-state index contributed by atoms with van der Waals surface area (Å²) >= 11 is 1.52. The first-order valence-corrected chi connectivity index (χ1v) is 5.63. The van der Waals surface area contributed by atoms with E-state index < -0.39 is 0 Å². The lowest BCUT2D eigenvalue weighted by atomic mass is 10.3. The molecule has 0 atom stereocenters. The Morgan fingerprint density at radius 1 is 1.47 bits per heavy atom. The molecule has 0 saturated carbocycles. The largest absolute Gasteiger partial charge is 0.431 e. The molecule has 0 spiro atoms. The molecule has 2 rings (SSSR count). The SMILES string of the molecule is C=C(CN)CSc1nc2ccccc2o1. The van der Waals surface area contributed by atoms with Gasteiger partial charge in [-0.25, -0.2) is 4.98 Å². The van der Waals surface area contributed by atoms with Crippen molar-refractivity contribution in [3.63, 3.8) is 0 Å². The van der Waals surface area contributed by atoms with Crippen LogP contribution in [-0.4, -0.2) is 17.3 Å². The molecule has 15 heavy (non-hydrogen) atoms. The van der Waals surface area contributed by atoms with Crippen LogP contribution in [0.3, 0.4) is 0 Å². The Hall–Kier alpha value is -1.26. The smallest absolute Gasteiger partial charge is 0.257 e. The molecule has 0 aliphatic rings. The average Bonchev–Trinajstić information content (AvgIpc) is 2.68. The third-order valence-electron chi connectivity index (χ3n) is 1.96. The molecule has 1 aromatic heterocycles. The number of nitrogens with two attached hydrogens (primary N) is 1. The standard InChI is InChI=1S/C11H12N2OS/c1-8(6-12)7-15-11-13-9-4-2-3-5-10(9)14-11/h2-5H,1,6-7,12H2. The molecule has 78 valence electrons. The third kappa shape index (κ3) is 2.40. The maximum absolute atomic E-state index is 5.53. The van der Waals surface area contributed by atoms with Gasteiger partial charge in [-0.1, -0.05) is 36.0 Å². The van der Waals surface area contributed by atoms with E-state index in [1.807, 2.05) is 24.3 Å². The van der Waals surface area contributed by atoms with E-state index in [0.717, 1.165) is 22.4 Å². The molecular formula is C11H12N2OS. The van der Waals surface area contributed by atoms with Gasteiger partial charge in [0.2, 0.25) is 0 Å². The van der Waals surface area contributed by atoms with Gasteiger partial charge in [0.15, 0.2) is 5.58 Å². The number of para-hydroxylation sites is 2. The Kier molecular flexibility index (Phi) is 3.08. The zero-order chi connectivity index (χ0) is 10.7. The fraction of sp³-hybridized carbons (Fsp3) is 0.182. The van der Waals surface area contributed by atoms with Crippen LogP contribution in [0.4, 0.5) is 0 Å². The van der Waals surface area contributed by atoms with Crippen molar-refractivity contribution >= 4 is 22.9 Å². The molecular weight excluding hydrogens is 208 g/mol. The molecule has 3 nitrogen and oxygen atoms in total. The predicted molar refractivity (Wildman–Crippen MR) is 62.9 cm³/mol. The predicted octanol–water partition coefficient (Wildman–Crippen LogP) is 2.43. The Bertz CT molecular complexity index is 445. The van der Waals surface area contributed by atoms with Gasteiger partial charge >= 0.3 is 0 Å². The van der Waals surface area contributed by atoms with Crippen LogP contribution in [-0.2, 0) is 0 Å². The van der Waals surface area contributed by atoms with Gasteiger partial charge < -0.3 is 10.2 Å². The molecule has 1 aromatic carbocycles. The molecule has 0 aliphatic carbocycles. The van der Waals surface area contributed by atoms with E-state index >= 15 is 0 Å². The van der Waals surface area contributed by atoms with Crippen molar-refractivity contribution in [2.24, 2.45) is 5.73 Å². The molecule has 0 fully saturated rings. The van der Waals surface area contributed by atoms with E-state index in [9.17, 15) is 0 Å². The van der Waals surface area contributed by atoms with Crippen molar-refractivity contribution in [2.75, 3.05) is 12.3 Å². The number of benzene rings is 1. The Labute approximate surface area is 92.4 Å². The van der Waals surface area contributed by atoms with Crippen molar-refractivity contribution in [1.82, 2.24) is 4.98 Å². The molecule has 0 saturated heterocycles. The summed E-state index contributed by atoms with van der Waals surface area (Å²) in [6.07, 6.45) is 0. The van der Waals surface area contributed by atoms with E-state index in [4.69, 9.17) is 10.2 Å². The summed E-state index contributed by atoms with van der Waals surface area (Å²) in [5.74, 6) is 0.753. The number of thioether (sulfide) groups is 1. The van der Waals surface area contributed by atoms with E-state index in [0.29, 0.717) is 11.8 Å². The highest BCUT2D eigenvalue weighted by Gasteiger charge is 2.05. The van der Waals surface area contributed by atoms with Gasteiger partial charge in [0, 0.05) is 12.3 Å². The highest BCUT2D eigenvalue weighted by molar-refractivity contribution is 7.99. The molecule has 0 radical (unpaired) electrons. The van der Waals surface area contributed by atoms with Gasteiger partial charge in [-0.05, 0) is 12.1 Å². The fourth-order valence-electron chi connectivity index (χ4n) is 1.14. The summed E-state index contributed by atoms with van der Waals surface area (Å²) in [6, 6.07) is 7.71. The fourth-order valence-corrected chi connectivity index (χ4v) is 1.89. The molecule has 0 unspecified atom stereocenters. The van der Waals surface area contributed by atoms with Crippen molar-refractivity contribution in [2.45, 2.75) is 5.22 Å². The summed E-state index contributed by atoms with van der Waals surface area (Å²) in [7, 11) is 0. The van der Waals surface area contributed by atoms with Crippen molar-refractivity contribution in [3.8, 4) is 0 Å². The lowest BCUT2D eigenvalue weighted by Crippen LogP contribution is -2.03. The number of hydrogen-bond donors (Lipinski definition) is 1. The summed E-state index contributed by atoms with van der Waals surface area (Å²) in [5, 5.41) is 0.672. The van der Waals surface area contributed by atoms with Gasteiger partial charge in [0.1, 0.15) is 5.52 Å². The zero-order valence-corrected chi connectivity index (χ0v) is 9.09. The zero-order valence-electron chi connectivity index (χ0n) is 8.27. The van der Waals surface area contributed by atoms with Crippen LogP contribution in [0.1, 0.15) is 0 Å². The number of nitrogens with zero attached hydrogens (tertiary/aromatic N) is 1. The van der Waals surface area contributed by atoms with E-state index in [1.165, 1.54) is 11.8 Å². The summed E-state index contributed by atoms with van der Waals surface area (Å²) in [6.45, 7) is 4.33. The first-order chi connectivity index (χ1) is 7.29. The quantitative estimate of drug-likeness (QED) is 0.635. The minimum absolute atomic E-state index is 0.507. The number of rotatable bonds is 4. The minimum Gasteiger partial charge on any atom is -0.431 e. The van der Waals surface area contributed by atoms with Crippen molar-refractivity contribution < 1.29 is 4.42 Å². The van der Waals surface area contributed by atoms with Crippen LogP contribution in [0.2, 0.25) is 0 Å². The van der Waals surface area contributed by atoms with Crippen LogP contribution < -0.4 is 5.73 Å². The van der Waals surface area contributed by atoms with Crippen molar-refractivity contribution in [3.05, 3.63) is 36.4 Å². The minimum atomic E-state index is 0.507. The topological polar surface area (TPSA) is 52.0 Å². The molecule has 2 aromatic rings. The molecule has 0 amide bonds. The summed E-state index contributed by atoms with van der Waals surface area (Å²) in [4.78, 5) is 4.33. The lowest BCUT2D eigenvalue weighted by molar-refractivity contribution is 0.490. The number of oxazole rings is 1. The number of hydrogen-bond acceptors (Lipinski definition) is 4. The van der Waals surface area contributed by atoms with Crippen LogP contribution >= 0.6 is 11.8 Å². The normalized spacial score (nSPS) is 10.7. The molecule has 1 heterocycles. The number of fused-ring (bicyclic) bond motifs is 1. The molecule has 0 aliphatic heterocycles. The molecule has 4 heteroatoms. The van der Waals surface area contributed by atoms with Crippen molar-refractivity contribution in [1.29, 1.82) is 0 Å². The monoisotopic (exact) mass is 220 g/mol. The average molecular weight is 220 g/mol. The van der Waals surface area contributed by atoms with Gasteiger partial charge in [0.25, 0.3) is 5.22 Å². The van der Waals surface area contributed by atoms with Crippen LogP contribution in [0.15, 0.2) is 46.1 Å². The maximum atomic E-state index is 5.53. The number of aromatic nitrogens is 1. The first-order valence-electron chi connectivity index (χ1n) is 4.64. The van der Waals surface area contributed by atoms with Gasteiger partial charge in [0.05, 0.1) is 0 Å². The second-order valence-corrected chi connectivity index (χ2v) is 4.12. The second kappa shape index (κ2) is 4.51. The Morgan fingerprint density at radius 2 is 2.27 bits per heavy atom. The molecule has 0 bridgehead atoms. The molecule has 2 N–H and O–H groups in total. The first kappa shape index (κ1) is 10.3. The Balaban J connectivity index is 2.12. The van der Waals surface area contributed by atoms with Gasteiger partial charge in [-0.2, -0.15) is 0 Å². The van der Waals surface area contributed by atoms with E-state index in [-0.39, 0.29) is 0 Å². The Morgan fingerprint density at radius 3 is 3.00 bits per heavy atom. The lowest BCUT2D eigenvalue weighted by Gasteiger charge is -1.97.